The van der Waals surface area contributed by atoms with Crippen molar-refractivity contribution in [3.05, 3.63) is 96.6 Å². The highest BCUT2D eigenvalue weighted by molar-refractivity contribution is 7.19. The highest BCUT2D eigenvalue weighted by Crippen LogP contribution is 2.39. The number of nitrogens with one attached hydrogen (secondary N) is 1. The number of aromatic nitrogens is 3. The minimum atomic E-state index is -4.35. The summed E-state index contributed by atoms with van der Waals surface area (Å²) in [5, 5.41) is 6.16. The Morgan fingerprint density at radius 1 is 0.889 bits per heavy atom. The van der Waals surface area contributed by atoms with E-state index in [1.54, 1.807) is 18.6 Å². The van der Waals surface area contributed by atoms with E-state index in [1.807, 2.05) is 30.5 Å². The molecule has 1 atom stereocenters. The maximum Gasteiger partial charge on any atom is 0.416 e. The Balaban J connectivity index is 1.36. The van der Waals surface area contributed by atoms with Crippen LogP contribution in [0.4, 0.5) is 18.3 Å². The van der Waals surface area contributed by atoms with Gasteiger partial charge in [0.05, 0.1) is 16.1 Å². The number of hydrogen-bond donors (Lipinski definition) is 2. The van der Waals surface area contributed by atoms with Gasteiger partial charge in [0.25, 0.3) is 0 Å². The average molecular weight is 506 g/mol. The smallest absolute Gasteiger partial charge is 0.360 e. The summed E-state index contributed by atoms with van der Waals surface area (Å²) in [7, 11) is 0. The second kappa shape index (κ2) is 10.0. The molecule has 3 heterocycles. The number of nitrogens with zero attached hydrogens (tertiary/aromatic N) is 3. The minimum Gasteiger partial charge on any atom is -0.360 e. The molecule has 9 heteroatoms. The van der Waals surface area contributed by atoms with Gasteiger partial charge in [0.1, 0.15) is 0 Å². The van der Waals surface area contributed by atoms with E-state index in [-0.39, 0.29) is 6.04 Å². The number of fused-ring (bicyclic) bond motifs is 1. The van der Waals surface area contributed by atoms with E-state index in [9.17, 15) is 13.2 Å². The predicted molar refractivity (Wildman–Crippen MR) is 138 cm³/mol. The van der Waals surface area contributed by atoms with E-state index < -0.39 is 11.7 Å². The van der Waals surface area contributed by atoms with Gasteiger partial charge < -0.3 is 11.1 Å². The molecule has 0 saturated heterocycles. The molecule has 0 radical (unpaired) electrons. The van der Waals surface area contributed by atoms with Crippen molar-refractivity contribution >= 4 is 27.2 Å². The van der Waals surface area contributed by atoms with Gasteiger partial charge in [0, 0.05) is 48.3 Å². The molecule has 5 nitrogen and oxygen atoms in total. The lowest BCUT2D eigenvalue weighted by Crippen LogP contribution is -2.31. The van der Waals surface area contributed by atoms with Crippen molar-refractivity contribution in [1.82, 2.24) is 15.0 Å². The molecule has 1 unspecified atom stereocenters. The topological polar surface area (TPSA) is 76.7 Å². The molecule has 3 N–H and O–H groups in total. The first kappa shape index (κ1) is 23.9. The van der Waals surface area contributed by atoms with Crippen molar-refractivity contribution in [2.75, 3.05) is 11.9 Å². The zero-order valence-electron chi connectivity index (χ0n) is 19.0. The Hall–Kier alpha value is -3.82. The lowest BCUT2D eigenvalue weighted by molar-refractivity contribution is -0.137. The van der Waals surface area contributed by atoms with Gasteiger partial charge in [-0.1, -0.05) is 35.6 Å². The molecule has 36 heavy (non-hydrogen) atoms. The van der Waals surface area contributed by atoms with E-state index in [0.29, 0.717) is 18.1 Å². The SMILES string of the molecule is NC(CNc1nc(-c2cccnc2)c(-c2ccc3cnccc3c2)s1)Cc1ccc(C(F)(F)F)cc1. The number of anilines is 1. The van der Waals surface area contributed by atoms with Crippen molar-refractivity contribution in [3.63, 3.8) is 0 Å². The van der Waals surface area contributed by atoms with Crippen LogP contribution in [0, 0.1) is 0 Å². The first-order chi connectivity index (χ1) is 17.4. The second-order valence-electron chi connectivity index (χ2n) is 8.42. The Bertz CT molecular complexity index is 1470. The number of halogens is 3. The zero-order chi connectivity index (χ0) is 25.1. The van der Waals surface area contributed by atoms with Crippen LogP contribution in [0.25, 0.3) is 32.5 Å². The number of thiazole rings is 1. The summed E-state index contributed by atoms with van der Waals surface area (Å²) < 4.78 is 38.4. The van der Waals surface area contributed by atoms with Crippen LogP contribution in [-0.4, -0.2) is 27.5 Å². The van der Waals surface area contributed by atoms with E-state index in [2.05, 4.69) is 27.4 Å². The number of nitrogens with two attached hydrogens (primary N) is 1. The molecule has 2 aromatic carbocycles. The normalized spacial score (nSPS) is 12.6. The number of benzene rings is 2. The van der Waals surface area contributed by atoms with Gasteiger partial charge in [-0.2, -0.15) is 13.2 Å². The Morgan fingerprint density at radius 3 is 2.44 bits per heavy atom. The zero-order valence-corrected chi connectivity index (χ0v) is 19.9. The quantitative estimate of drug-likeness (QED) is 0.267. The maximum atomic E-state index is 12.8. The lowest BCUT2D eigenvalue weighted by Gasteiger charge is -2.13. The van der Waals surface area contributed by atoms with Crippen LogP contribution >= 0.6 is 11.3 Å². The molecule has 0 aliphatic heterocycles. The Labute approximate surface area is 209 Å². The standard InChI is InChI=1S/C27H22F3N5S/c28-27(29,30)22-7-3-17(4-8-22)12-23(31)16-34-26-35-24(21-2-1-10-32-15-21)25(36-26)19-5-6-20-14-33-11-9-18(20)13-19/h1-11,13-15,23H,12,16,31H2,(H,34,35). The number of alkyl halides is 3. The molecule has 5 aromatic rings. The molecule has 0 saturated carbocycles. The van der Waals surface area contributed by atoms with Gasteiger partial charge in [0.15, 0.2) is 5.13 Å². The molecule has 0 fully saturated rings. The van der Waals surface area contributed by atoms with E-state index in [1.165, 1.54) is 23.5 Å². The third-order valence-electron chi connectivity index (χ3n) is 5.76. The lowest BCUT2D eigenvalue weighted by atomic mass is 10.0. The van der Waals surface area contributed by atoms with Gasteiger partial charge in [0.2, 0.25) is 0 Å². The van der Waals surface area contributed by atoms with Crippen LogP contribution < -0.4 is 11.1 Å². The molecule has 3 aromatic heterocycles. The van der Waals surface area contributed by atoms with Gasteiger partial charge in [-0.05, 0) is 59.3 Å². The summed E-state index contributed by atoms with van der Waals surface area (Å²) >= 11 is 1.52. The van der Waals surface area contributed by atoms with Crippen molar-refractivity contribution < 1.29 is 13.2 Å². The third kappa shape index (κ3) is 5.37. The maximum absolute atomic E-state index is 12.8. The predicted octanol–water partition coefficient (Wildman–Crippen LogP) is 6.42. The van der Waals surface area contributed by atoms with Crippen LogP contribution in [0.5, 0.6) is 0 Å². The third-order valence-corrected chi connectivity index (χ3v) is 6.82. The number of rotatable bonds is 7. The van der Waals surface area contributed by atoms with Crippen molar-refractivity contribution in [1.29, 1.82) is 0 Å². The molecule has 0 aliphatic rings. The minimum absolute atomic E-state index is 0.302. The van der Waals surface area contributed by atoms with Crippen molar-refractivity contribution in [2.24, 2.45) is 5.73 Å². The first-order valence-corrected chi connectivity index (χ1v) is 12.1. The summed E-state index contributed by atoms with van der Waals surface area (Å²) in [5.41, 5.74) is 9.12. The molecule has 0 bridgehead atoms. The van der Waals surface area contributed by atoms with Gasteiger partial charge in [-0.25, -0.2) is 4.98 Å². The number of hydrogen-bond acceptors (Lipinski definition) is 6. The number of pyridine rings is 2. The summed E-state index contributed by atoms with van der Waals surface area (Å²) in [6, 6.07) is 16.8. The largest absolute Gasteiger partial charge is 0.416 e. The van der Waals surface area contributed by atoms with Gasteiger partial charge in [-0.3, -0.25) is 9.97 Å². The monoisotopic (exact) mass is 505 g/mol. The van der Waals surface area contributed by atoms with Crippen molar-refractivity contribution in [3.8, 4) is 21.7 Å². The summed E-state index contributed by atoms with van der Waals surface area (Å²) in [4.78, 5) is 14.3. The first-order valence-electron chi connectivity index (χ1n) is 11.3. The highest BCUT2D eigenvalue weighted by Gasteiger charge is 2.30. The van der Waals surface area contributed by atoms with E-state index in [0.717, 1.165) is 50.2 Å². The van der Waals surface area contributed by atoms with Gasteiger partial charge >= 0.3 is 6.18 Å². The van der Waals surface area contributed by atoms with Crippen LogP contribution in [0.1, 0.15) is 11.1 Å². The summed E-state index contributed by atoms with van der Waals surface area (Å²) in [6.07, 6.45) is 3.20. The van der Waals surface area contributed by atoms with Crippen LogP contribution in [-0.2, 0) is 12.6 Å². The summed E-state index contributed by atoms with van der Waals surface area (Å²) in [6.45, 7) is 0.420. The van der Waals surface area contributed by atoms with E-state index in [4.69, 9.17) is 10.7 Å². The van der Waals surface area contributed by atoms with Crippen LogP contribution in [0.2, 0.25) is 0 Å². The van der Waals surface area contributed by atoms with Crippen LogP contribution in [0.15, 0.2) is 85.5 Å². The second-order valence-corrected chi connectivity index (χ2v) is 9.41. The summed E-state index contributed by atoms with van der Waals surface area (Å²) in [5.74, 6) is 0. The fraction of sp³-hybridized carbons (Fsp3) is 0.148. The molecule has 0 spiro atoms. The molecule has 182 valence electrons. The molecule has 5 rings (SSSR count). The van der Waals surface area contributed by atoms with E-state index >= 15 is 0 Å². The molecule has 0 aliphatic carbocycles. The average Bonchev–Trinajstić information content (AvgIpc) is 3.32. The van der Waals surface area contributed by atoms with Crippen LogP contribution in [0.3, 0.4) is 0 Å². The Morgan fingerprint density at radius 2 is 1.69 bits per heavy atom. The Kier molecular flexibility index (Phi) is 6.67. The van der Waals surface area contributed by atoms with Gasteiger partial charge in [-0.15, -0.1) is 0 Å². The fourth-order valence-electron chi connectivity index (χ4n) is 3.94. The fourth-order valence-corrected chi connectivity index (χ4v) is 4.93. The van der Waals surface area contributed by atoms with Crippen molar-refractivity contribution in [2.45, 2.75) is 18.6 Å². The highest BCUT2D eigenvalue weighted by atomic mass is 32.1. The molecule has 0 amide bonds. The molecular formula is C27H22F3N5S. The molecular weight excluding hydrogens is 483 g/mol.